The molecule has 0 atom stereocenters. The number of aromatic nitrogens is 4. The van der Waals surface area contributed by atoms with Crippen molar-refractivity contribution >= 4 is 16.8 Å². The van der Waals surface area contributed by atoms with Crippen LogP contribution in [0.2, 0.25) is 0 Å². The molecule has 0 radical (unpaired) electrons. The summed E-state index contributed by atoms with van der Waals surface area (Å²) in [6.07, 6.45) is 4.25. The number of aryl methyl sites for hydroxylation is 3. The van der Waals surface area contributed by atoms with Crippen LogP contribution in [0.4, 0.5) is 0 Å². The van der Waals surface area contributed by atoms with Gasteiger partial charge in [-0.1, -0.05) is 66.7 Å². The van der Waals surface area contributed by atoms with Crippen LogP contribution in [-0.4, -0.2) is 32.2 Å². The van der Waals surface area contributed by atoms with Crippen molar-refractivity contribution in [3.63, 3.8) is 0 Å². The molecule has 1 amide bonds. The molecular weight excluding hydrogens is 422 g/mol. The molecule has 5 aromatic rings. The van der Waals surface area contributed by atoms with Crippen LogP contribution in [0.25, 0.3) is 16.6 Å². The Morgan fingerprint density at radius 3 is 2.53 bits per heavy atom. The van der Waals surface area contributed by atoms with E-state index in [1.807, 2.05) is 72.4 Å². The van der Waals surface area contributed by atoms with Crippen molar-refractivity contribution < 1.29 is 4.79 Å². The van der Waals surface area contributed by atoms with E-state index in [1.54, 1.807) is 0 Å². The van der Waals surface area contributed by atoms with E-state index < -0.39 is 0 Å². The average Bonchev–Trinajstić information content (AvgIpc) is 3.48. The maximum atomic E-state index is 12.9. The summed E-state index contributed by atoms with van der Waals surface area (Å²) in [5, 5.41) is 8.78. The molecule has 0 aliphatic carbocycles. The van der Waals surface area contributed by atoms with Crippen molar-refractivity contribution in [2.75, 3.05) is 6.54 Å². The Labute approximate surface area is 198 Å². The number of carbonyl (C=O) groups is 1. The minimum Gasteiger partial charge on any atom is -0.361 e. The molecule has 0 spiro atoms. The van der Waals surface area contributed by atoms with E-state index in [9.17, 15) is 4.79 Å². The quantitative estimate of drug-likeness (QED) is 0.357. The third-order valence-corrected chi connectivity index (χ3v) is 6.06. The Morgan fingerprint density at radius 2 is 1.68 bits per heavy atom. The molecule has 34 heavy (non-hydrogen) atoms. The molecule has 5 rings (SSSR count). The number of aromatic amines is 1. The second kappa shape index (κ2) is 9.75. The number of nitrogens with zero attached hydrogens (tertiary/aromatic N) is 3. The van der Waals surface area contributed by atoms with Gasteiger partial charge >= 0.3 is 0 Å². The van der Waals surface area contributed by atoms with Crippen molar-refractivity contribution in [2.45, 2.75) is 26.2 Å². The number of benzene rings is 3. The standard InChI is InChI=1S/C28H27N5O/c1-20-9-5-8-14-25(20)33-26(16-15-21-10-3-2-4-11-21)31-27(32-33)28(34)29-18-17-22-19-30-24-13-7-6-12-23(22)24/h2-14,19,30H,15-18H2,1H3,(H,29,34). The van der Waals surface area contributed by atoms with Gasteiger partial charge in [0, 0.05) is 30.1 Å². The van der Waals surface area contributed by atoms with E-state index >= 15 is 0 Å². The molecule has 2 aromatic heterocycles. The molecule has 3 aromatic carbocycles. The highest BCUT2D eigenvalue weighted by molar-refractivity contribution is 5.90. The fraction of sp³-hybridized carbons (Fsp3) is 0.179. The lowest BCUT2D eigenvalue weighted by molar-refractivity contribution is 0.0944. The Balaban J connectivity index is 1.33. The van der Waals surface area contributed by atoms with Crippen LogP contribution < -0.4 is 5.32 Å². The molecule has 0 aliphatic heterocycles. The molecule has 6 nitrogen and oxygen atoms in total. The van der Waals surface area contributed by atoms with Crippen molar-refractivity contribution in [2.24, 2.45) is 0 Å². The maximum absolute atomic E-state index is 12.9. The highest BCUT2D eigenvalue weighted by Crippen LogP contribution is 2.18. The Morgan fingerprint density at radius 1 is 0.912 bits per heavy atom. The van der Waals surface area contributed by atoms with Crippen LogP contribution in [0.3, 0.4) is 0 Å². The van der Waals surface area contributed by atoms with Gasteiger partial charge < -0.3 is 10.3 Å². The van der Waals surface area contributed by atoms with E-state index in [0.29, 0.717) is 13.0 Å². The zero-order valence-electron chi connectivity index (χ0n) is 19.2. The normalized spacial score (nSPS) is 11.1. The number of H-pyrrole nitrogens is 1. The fourth-order valence-electron chi connectivity index (χ4n) is 4.23. The molecule has 6 heteroatoms. The Hall–Kier alpha value is -4.19. The first-order chi connectivity index (χ1) is 16.7. The van der Waals surface area contributed by atoms with E-state index in [-0.39, 0.29) is 11.7 Å². The third kappa shape index (κ3) is 4.62. The van der Waals surface area contributed by atoms with E-state index in [1.165, 1.54) is 16.5 Å². The summed E-state index contributed by atoms with van der Waals surface area (Å²) < 4.78 is 1.81. The van der Waals surface area contributed by atoms with Gasteiger partial charge in [0.1, 0.15) is 5.82 Å². The lowest BCUT2D eigenvalue weighted by Gasteiger charge is -2.08. The number of carbonyl (C=O) groups excluding carboxylic acids is 1. The van der Waals surface area contributed by atoms with Gasteiger partial charge in [0.25, 0.3) is 5.91 Å². The number of hydrogen-bond donors (Lipinski definition) is 2. The summed E-state index contributed by atoms with van der Waals surface area (Å²) in [7, 11) is 0. The fourth-order valence-corrected chi connectivity index (χ4v) is 4.23. The molecule has 0 unspecified atom stereocenters. The predicted molar refractivity (Wildman–Crippen MR) is 134 cm³/mol. The van der Waals surface area contributed by atoms with E-state index in [2.05, 4.69) is 44.6 Å². The van der Waals surface area contributed by atoms with Crippen molar-refractivity contribution in [1.29, 1.82) is 0 Å². The molecule has 2 N–H and O–H groups in total. The van der Waals surface area contributed by atoms with Gasteiger partial charge in [0.2, 0.25) is 5.82 Å². The molecule has 0 aliphatic rings. The average molecular weight is 450 g/mol. The van der Waals surface area contributed by atoms with Gasteiger partial charge in [-0.05, 0) is 48.6 Å². The first kappa shape index (κ1) is 21.6. The summed E-state index contributed by atoms with van der Waals surface area (Å²) in [5.74, 6) is 0.721. The van der Waals surface area contributed by atoms with Gasteiger partial charge in [0.05, 0.1) is 5.69 Å². The number of amides is 1. The van der Waals surface area contributed by atoms with Gasteiger partial charge in [-0.2, -0.15) is 0 Å². The second-order valence-electron chi connectivity index (χ2n) is 8.40. The third-order valence-electron chi connectivity index (χ3n) is 6.06. The Kier molecular flexibility index (Phi) is 6.21. The molecule has 0 bridgehead atoms. The van der Waals surface area contributed by atoms with Crippen molar-refractivity contribution in [3.8, 4) is 5.69 Å². The van der Waals surface area contributed by atoms with Crippen LogP contribution in [0.1, 0.15) is 33.1 Å². The summed E-state index contributed by atoms with van der Waals surface area (Å²) in [4.78, 5) is 20.9. The zero-order chi connectivity index (χ0) is 23.3. The van der Waals surface area contributed by atoms with E-state index in [4.69, 9.17) is 0 Å². The number of hydrogen-bond acceptors (Lipinski definition) is 3. The highest BCUT2D eigenvalue weighted by atomic mass is 16.2. The number of rotatable bonds is 8. The molecular formula is C28H27N5O. The Bertz CT molecular complexity index is 1420. The lowest BCUT2D eigenvalue weighted by atomic mass is 10.1. The van der Waals surface area contributed by atoms with Gasteiger partial charge in [-0.3, -0.25) is 4.79 Å². The minimum absolute atomic E-state index is 0.199. The van der Waals surface area contributed by atoms with Crippen LogP contribution in [0.15, 0.2) is 85.1 Å². The van der Waals surface area contributed by atoms with Crippen LogP contribution in [0, 0.1) is 6.92 Å². The molecule has 2 heterocycles. The lowest BCUT2D eigenvalue weighted by Crippen LogP contribution is -2.26. The van der Waals surface area contributed by atoms with Gasteiger partial charge in [0.15, 0.2) is 0 Å². The first-order valence-corrected chi connectivity index (χ1v) is 11.6. The maximum Gasteiger partial charge on any atom is 0.290 e. The number of nitrogens with one attached hydrogen (secondary N) is 2. The smallest absolute Gasteiger partial charge is 0.290 e. The number of fused-ring (bicyclic) bond motifs is 1. The van der Waals surface area contributed by atoms with Crippen LogP contribution >= 0.6 is 0 Å². The number of para-hydroxylation sites is 2. The summed E-state index contributed by atoms with van der Waals surface area (Å²) in [6.45, 7) is 2.55. The van der Waals surface area contributed by atoms with Crippen molar-refractivity contribution in [3.05, 3.63) is 113 Å². The van der Waals surface area contributed by atoms with Gasteiger partial charge in [-0.15, -0.1) is 5.10 Å². The predicted octanol–water partition coefficient (Wildman–Crippen LogP) is 4.81. The monoisotopic (exact) mass is 449 g/mol. The summed E-state index contributed by atoms with van der Waals surface area (Å²) >= 11 is 0. The largest absolute Gasteiger partial charge is 0.361 e. The van der Waals surface area contributed by atoms with Crippen LogP contribution in [0.5, 0.6) is 0 Å². The molecule has 0 saturated carbocycles. The SMILES string of the molecule is Cc1ccccc1-n1nc(C(=O)NCCc2c[nH]c3ccccc23)nc1CCc1ccccc1. The van der Waals surface area contributed by atoms with E-state index in [0.717, 1.165) is 35.4 Å². The van der Waals surface area contributed by atoms with Crippen LogP contribution in [-0.2, 0) is 19.3 Å². The molecule has 170 valence electrons. The minimum atomic E-state index is -0.256. The van der Waals surface area contributed by atoms with Crippen molar-refractivity contribution in [1.82, 2.24) is 25.1 Å². The summed E-state index contributed by atoms with van der Waals surface area (Å²) in [5.41, 5.74) is 5.53. The zero-order valence-corrected chi connectivity index (χ0v) is 19.2. The second-order valence-corrected chi connectivity index (χ2v) is 8.40. The molecule has 0 fully saturated rings. The first-order valence-electron chi connectivity index (χ1n) is 11.6. The topological polar surface area (TPSA) is 75.6 Å². The van der Waals surface area contributed by atoms with Gasteiger partial charge in [-0.25, -0.2) is 9.67 Å². The molecule has 0 saturated heterocycles. The highest BCUT2D eigenvalue weighted by Gasteiger charge is 2.18. The summed E-state index contributed by atoms with van der Waals surface area (Å²) in [6, 6.07) is 26.5.